The lowest BCUT2D eigenvalue weighted by Crippen LogP contribution is -2.01. The average molecular weight is 264 g/mol. The van der Waals surface area contributed by atoms with Gasteiger partial charge in [0.1, 0.15) is 6.61 Å². The molecule has 1 N–H and O–H groups in total. The van der Waals surface area contributed by atoms with E-state index < -0.39 is 5.97 Å². The van der Waals surface area contributed by atoms with Crippen molar-refractivity contribution in [2.24, 2.45) is 0 Å². The molecule has 0 amide bonds. The minimum Gasteiger partial charge on any atom is -0.490 e. The second-order valence-corrected chi connectivity index (χ2v) is 3.70. The van der Waals surface area contributed by atoms with E-state index in [1.165, 1.54) is 13.0 Å². The number of ketones is 1. The van der Waals surface area contributed by atoms with Gasteiger partial charge in [0.25, 0.3) is 0 Å². The van der Waals surface area contributed by atoms with Crippen LogP contribution in [0.4, 0.5) is 0 Å². The lowest BCUT2D eigenvalue weighted by molar-refractivity contribution is -0.131. The maximum Gasteiger partial charge on any atom is 0.328 e. The number of hydrogen-bond acceptors (Lipinski definition) is 4. The first-order valence-corrected chi connectivity index (χ1v) is 5.84. The first kappa shape index (κ1) is 14.8. The van der Waals surface area contributed by atoms with Crippen LogP contribution in [0.25, 0.3) is 0 Å². The van der Waals surface area contributed by atoms with Crippen molar-refractivity contribution in [1.29, 1.82) is 0 Å². The van der Waals surface area contributed by atoms with Crippen molar-refractivity contribution in [2.75, 3.05) is 13.2 Å². The molecule has 0 aromatic heterocycles. The Kier molecular flexibility index (Phi) is 5.60. The number of ether oxygens (including phenoxy) is 2. The highest BCUT2D eigenvalue weighted by Crippen LogP contribution is 2.28. The fourth-order valence-corrected chi connectivity index (χ4v) is 1.40. The maximum atomic E-state index is 11.3. The molecular weight excluding hydrogens is 248 g/mol. The Balaban J connectivity index is 2.81. The molecule has 0 radical (unpaired) electrons. The van der Waals surface area contributed by atoms with Gasteiger partial charge in [-0.25, -0.2) is 4.79 Å². The number of rotatable bonds is 7. The van der Waals surface area contributed by atoms with E-state index in [2.05, 4.69) is 0 Å². The van der Waals surface area contributed by atoms with Crippen LogP contribution in [0.5, 0.6) is 11.5 Å². The van der Waals surface area contributed by atoms with Crippen LogP contribution in [0.2, 0.25) is 0 Å². The molecule has 0 aliphatic rings. The van der Waals surface area contributed by atoms with Gasteiger partial charge < -0.3 is 14.6 Å². The summed E-state index contributed by atoms with van der Waals surface area (Å²) in [6.07, 6.45) is 2.39. The summed E-state index contributed by atoms with van der Waals surface area (Å²) in [6, 6.07) is 4.89. The molecule has 19 heavy (non-hydrogen) atoms. The SMILES string of the molecule is CCOc1cc(C(C)=O)ccc1OCC=CC(=O)O. The zero-order valence-corrected chi connectivity index (χ0v) is 10.9. The van der Waals surface area contributed by atoms with E-state index in [9.17, 15) is 9.59 Å². The van der Waals surface area contributed by atoms with Crippen LogP contribution >= 0.6 is 0 Å². The number of carboxylic acid groups (broad SMARTS) is 1. The third kappa shape index (κ3) is 4.83. The van der Waals surface area contributed by atoms with Crippen LogP contribution in [-0.4, -0.2) is 30.1 Å². The van der Waals surface area contributed by atoms with E-state index in [0.29, 0.717) is 23.7 Å². The zero-order chi connectivity index (χ0) is 14.3. The highest BCUT2D eigenvalue weighted by atomic mass is 16.5. The summed E-state index contributed by atoms with van der Waals surface area (Å²) < 4.78 is 10.8. The molecule has 0 saturated carbocycles. The maximum absolute atomic E-state index is 11.3. The Labute approximate surface area is 111 Å². The van der Waals surface area contributed by atoms with Gasteiger partial charge in [-0.1, -0.05) is 0 Å². The minimum atomic E-state index is -1.03. The van der Waals surface area contributed by atoms with Crippen LogP contribution in [0, 0.1) is 0 Å². The third-order valence-electron chi connectivity index (χ3n) is 2.25. The molecule has 1 rings (SSSR count). The molecule has 0 aliphatic heterocycles. The molecule has 0 spiro atoms. The number of carboxylic acids is 1. The lowest BCUT2D eigenvalue weighted by Gasteiger charge is -2.11. The van der Waals surface area contributed by atoms with Crippen molar-refractivity contribution in [3.8, 4) is 11.5 Å². The molecule has 0 heterocycles. The van der Waals surface area contributed by atoms with Crippen molar-refractivity contribution in [2.45, 2.75) is 13.8 Å². The first-order chi connectivity index (χ1) is 9.04. The van der Waals surface area contributed by atoms with E-state index in [0.717, 1.165) is 6.08 Å². The third-order valence-corrected chi connectivity index (χ3v) is 2.25. The van der Waals surface area contributed by atoms with Crippen molar-refractivity contribution in [3.05, 3.63) is 35.9 Å². The molecule has 0 aliphatic carbocycles. The second-order valence-electron chi connectivity index (χ2n) is 3.70. The van der Waals surface area contributed by atoms with E-state index in [1.54, 1.807) is 18.2 Å². The van der Waals surface area contributed by atoms with Gasteiger partial charge >= 0.3 is 5.97 Å². The summed E-state index contributed by atoms with van der Waals surface area (Å²) >= 11 is 0. The van der Waals surface area contributed by atoms with Crippen molar-refractivity contribution in [3.63, 3.8) is 0 Å². The summed E-state index contributed by atoms with van der Waals surface area (Å²) in [4.78, 5) is 21.6. The van der Waals surface area contributed by atoms with E-state index in [-0.39, 0.29) is 12.4 Å². The fraction of sp³-hybridized carbons (Fsp3) is 0.286. The van der Waals surface area contributed by atoms with Gasteiger partial charge in [-0.2, -0.15) is 0 Å². The quantitative estimate of drug-likeness (QED) is 0.604. The highest BCUT2D eigenvalue weighted by molar-refractivity contribution is 5.94. The molecule has 0 bridgehead atoms. The largest absolute Gasteiger partial charge is 0.490 e. The number of Topliss-reactive ketones (excluding diaryl/α,β-unsaturated/α-hetero) is 1. The van der Waals surface area contributed by atoms with E-state index >= 15 is 0 Å². The van der Waals surface area contributed by atoms with Gasteiger partial charge in [0.05, 0.1) is 6.61 Å². The van der Waals surface area contributed by atoms with Gasteiger partial charge in [0.2, 0.25) is 0 Å². The Hall–Kier alpha value is -2.30. The number of carbonyl (C=O) groups excluding carboxylic acids is 1. The average Bonchev–Trinajstić information content (AvgIpc) is 2.35. The number of aliphatic carboxylic acids is 1. The number of carbonyl (C=O) groups is 2. The summed E-state index contributed by atoms with van der Waals surface area (Å²) in [5.74, 6) is -0.139. The molecule has 1 aromatic rings. The molecule has 0 fully saturated rings. The smallest absolute Gasteiger partial charge is 0.328 e. The van der Waals surface area contributed by atoms with Gasteiger partial charge in [-0.15, -0.1) is 0 Å². The lowest BCUT2D eigenvalue weighted by atomic mass is 10.1. The highest BCUT2D eigenvalue weighted by Gasteiger charge is 2.08. The van der Waals surface area contributed by atoms with Crippen LogP contribution in [0.3, 0.4) is 0 Å². The second kappa shape index (κ2) is 7.20. The molecule has 0 unspecified atom stereocenters. The van der Waals surface area contributed by atoms with Crippen LogP contribution in [0.15, 0.2) is 30.4 Å². The molecule has 0 atom stereocenters. The fourth-order valence-electron chi connectivity index (χ4n) is 1.40. The predicted octanol–water partition coefficient (Wildman–Crippen LogP) is 2.31. The minimum absolute atomic E-state index is 0.0572. The van der Waals surface area contributed by atoms with Gasteiger partial charge in [0.15, 0.2) is 17.3 Å². The number of hydrogen-bond donors (Lipinski definition) is 1. The predicted molar refractivity (Wildman–Crippen MR) is 69.9 cm³/mol. The van der Waals surface area contributed by atoms with E-state index in [4.69, 9.17) is 14.6 Å². The zero-order valence-electron chi connectivity index (χ0n) is 10.9. The summed E-state index contributed by atoms with van der Waals surface area (Å²) in [5.41, 5.74) is 0.539. The van der Waals surface area contributed by atoms with Crippen LogP contribution in [0.1, 0.15) is 24.2 Å². The summed E-state index contributed by atoms with van der Waals surface area (Å²) in [6.45, 7) is 3.87. The first-order valence-electron chi connectivity index (χ1n) is 5.84. The van der Waals surface area contributed by atoms with Gasteiger partial charge in [-0.3, -0.25) is 4.79 Å². The Morgan fingerprint density at radius 3 is 2.58 bits per heavy atom. The molecule has 5 nitrogen and oxygen atoms in total. The molecule has 0 saturated heterocycles. The molecule has 1 aromatic carbocycles. The van der Waals surface area contributed by atoms with Gasteiger partial charge in [-0.05, 0) is 38.1 Å². The van der Waals surface area contributed by atoms with Crippen molar-refractivity contribution >= 4 is 11.8 Å². The summed E-state index contributed by atoms with van der Waals surface area (Å²) in [7, 11) is 0. The number of benzene rings is 1. The Morgan fingerprint density at radius 1 is 1.26 bits per heavy atom. The topological polar surface area (TPSA) is 72.8 Å². The van der Waals surface area contributed by atoms with Crippen molar-refractivity contribution in [1.82, 2.24) is 0 Å². The Morgan fingerprint density at radius 2 is 2.00 bits per heavy atom. The summed E-state index contributed by atoms with van der Waals surface area (Å²) in [5, 5.41) is 8.44. The van der Waals surface area contributed by atoms with Gasteiger partial charge in [0, 0.05) is 11.6 Å². The van der Waals surface area contributed by atoms with E-state index in [1.807, 2.05) is 6.92 Å². The molecule has 5 heteroatoms. The standard InChI is InChI=1S/C14H16O5/c1-3-18-13-9-11(10(2)15)6-7-12(13)19-8-4-5-14(16)17/h4-7,9H,3,8H2,1-2H3,(H,16,17). The molecular formula is C14H16O5. The molecule has 102 valence electrons. The normalized spacial score (nSPS) is 10.4. The van der Waals surface area contributed by atoms with Crippen LogP contribution in [-0.2, 0) is 4.79 Å². The Bertz CT molecular complexity index is 491. The van der Waals surface area contributed by atoms with Crippen molar-refractivity contribution < 1.29 is 24.2 Å². The monoisotopic (exact) mass is 264 g/mol. The van der Waals surface area contributed by atoms with Crippen LogP contribution < -0.4 is 9.47 Å².